The summed E-state index contributed by atoms with van der Waals surface area (Å²) in [5.74, 6) is 0.426. The summed E-state index contributed by atoms with van der Waals surface area (Å²) >= 11 is 1.32. The molecule has 126 valence electrons. The average Bonchev–Trinajstić information content (AvgIpc) is 3.09. The Kier molecular flexibility index (Phi) is 5.53. The lowest BCUT2D eigenvalue weighted by Gasteiger charge is -2.05. The Morgan fingerprint density at radius 2 is 1.96 bits per heavy atom. The first-order chi connectivity index (χ1) is 12.2. The van der Waals surface area contributed by atoms with Gasteiger partial charge in [-0.05, 0) is 36.8 Å². The maximum atomic E-state index is 12.3. The van der Waals surface area contributed by atoms with Gasteiger partial charge in [0.25, 0.3) is 5.91 Å². The van der Waals surface area contributed by atoms with Crippen molar-refractivity contribution in [2.45, 2.75) is 6.92 Å². The topological polar surface area (TPSA) is 64.1 Å². The van der Waals surface area contributed by atoms with E-state index in [2.05, 4.69) is 15.5 Å². The molecule has 1 amide bonds. The number of rotatable bonds is 6. The molecular weight excluding hydrogens is 334 g/mol. The second-order valence-corrected chi connectivity index (χ2v) is 6.11. The number of carbonyl (C=O) groups is 1. The molecule has 25 heavy (non-hydrogen) atoms. The number of aromatic nitrogens is 2. The van der Waals surface area contributed by atoms with Crippen molar-refractivity contribution in [2.24, 2.45) is 0 Å². The number of nitrogens with one attached hydrogen (secondary N) is 1. The molecule has 1 N–H and O–H groups in total. The summed E-state index contributed by atoms with van der Waals surface area (Å²) in [6.45, 7) is 2.46. The van der Waals surface area contributed by atoms with E-state index in [0.29, 0.717) is 23.1 Å². The summed E-state index contributed by atoms with van der Waals surface area (Å²) in [4.78, 5) is 12.3. The van der Waals surface area contributed by atoms with Crippen LogP contribution in [0.4, 0.5) is 5.13 Å². The highest BCUT2D eigenvalue weighted by Crippen LogP contribution is 2.20. The number of nitrogens with zero attached hydrogens (tertiary/aromatic N) is 2. The maximum Gasteiger partial charge on any atom is 0.257 e. The quantitative estimate of drug-likeness (QED) is 0.717. The molecule has 0 aliphatic rings. The summed E-state index contributed by atoms with van der Waals surface area (Å²) in [6, 6.07) is 17.0. The Morgan fingerprint density at radius 1 is 1.12 bits per heavy atom. The maximum absolute atomic E-state index is 12.3. The fourth-order valence-electron chi connectivity index (χ4n) is 2.15. The first-order valence-electron chi connectivity index (χ1n) is 7.85. The third kappa shape index (κ3) is 4.74. The van der Waals surface area contributed by atoms with Crippen LogP contribution in [0.5, 0.6) is 5.75 Å². The van der Waals surface area contributed by atoms with Crippen LogP contribution in [-0.2, 0) is 0 Å². The van der Waals surface area contributed by atoms with E-state index in [9.17, 15) is 4.79 Å². The number of hydrogen-bond acceptors (Lipinski definition) is 5. The molecule has 0 aliphatic heterocycles. The van der Waals surface area contributed by atoms with Gasteiger partial charge >= 0.3 is 0 Å². The van der Waals surface area contributed by atoms with Crippen molar-refractivity contribution >= 4 is 34.5 Å². The van der Waals surface area contributed by atoms with Gasteiger partial charge in [-0.1, -0.05) is 53.8 Å². The summed E-state index contributed by atoms with van der Waals surface area (Å²) in [7, 11) is 0. The molecular formula is C19H17N3O2S. The van der Waals surface area contributed by atoms with Gasteiger partial charge in [-0.15, -0.1) is 10.2 Å². The van der Waals surface area contributed by atoms with Crippen molar-refractivity contribution in [1.29, 1.82) is 0 Å². The number of hydrogen-bond donors (Lipinski definition) is 1. The minimum atomic E-state index is -0.240. The molecule has 0 bridgehead atoms. The predicted molar refractivity (Wildman–Crippen MR) is 101 cm³/mol. The molecule has 0 radical (unpaired) electrons. The van der Waals surface area contributed by atoms with Crippen LogP contribution in [0.25, 0.3) is 12.2 Å². The van der Waals surface area contributed by atoms with Crippen molar-refractivity contribution in [1.82, 2.24) is 10.2 Å². The van der Waals surface area contributed by atoms with E-state index in [4.69, 9.17) is 4.74 Å². The lowest BCUT2D eigenvalue weighted by atomic mass is 10.2. The summed E-state index contributed by atoms with van der Waals surface area (Å²) in [6.07, 6.45) is 3.83. The van der Waals surface area contributed by atoms with Gasteiger partial charge in [0.05, 0.1) is 6.61 Å². The van der Waals surface area contributed by atoms with E-state index in [1.807, 2.05) is 55.5 Å². The lowest BCUT2D eigenvalue weighted by Crippen LogP contribution is -2.11. The number of carbonyl (C=O) groups excluding carboxylic acids is 1. The Morgan fingerprint density at radius 3 is 2.76 bits per heavy atom. The molecule has 0 spiro atoms. The highest BCUT2D eigenvalue weighted by molar-refractivity contribution is 7.16. The molecule has 1 heterocycles. The molecule has 0 unspecified atom stereocenters. The second-order valence-electron chi connectivity index (χ2n) is 5.10. The van der Waals surface area contributed by atoms with Gasteiger partial charge < -0.3 is 4.74 Å². The van der Waals surface area contributed by atoms with Crippen LogP contribution >= 0.6 is 11.3 Å². The normalized spacial score (nSPS) is 10.8. The van der Waals surface area contributed by atoms with Crippen LogP contribution in [0.1, 0.15) is 27.9 Å². The van der Waals surface area contributed by atoms with Gasteiger partial charge in [0.15, 0.2) is 0 Å². The Balaban J connectivity index is 1.66. The third-order valence-electron chi connectivity index (χ3n) is 3.29. The lowest BCUT2D eigenvalue weighted by molar-refractivity contribution is 0.102. The summed E-state index contributed by atoms with van der Waals surface area (Å²) < 4.78 is 5.41. The van der Waals surface area contributed by atoms with Gasteiger partial charge in [-0.2, -0.15) is 0 Å². The van der Waals surface area contributed by atoms with Crippen LogP contribution in [0.3, 0.4) is 0 Å². The molecule has 1 aromatic heterocycles. The second kappa shape index (κ2) is 8.21. The molecule has 2 aromatic carbocycles. The Labute approximate surface area is 150 Å². The molecule has 0 saturated carbocycles. The van der Waals surface area contributed by atoms with E-state index in [0.717, 1.165) is 10.6 Å². The van der Waals surface area contributed by atoms with Gasteiger partial charge in [0.2, 0.25) is 5.13 Å². The zero-order valence-electron chi connectivity index (χ0n) is 13.7. The van der Waals surface area contributed by atoms with Crippen LogP contribution in [0.2, 0.25) is 0 Å². The van der Waals surface area contributed by atoms with Crippen molar-refractivity contribution in [3.05, 3.63) is 70.7 Å². The van der Waals surface area contributed by atoms with Crippen LogP contribution < -0.4 is 10.1 Å². The number of anilines is 1. The monoisotopic (exact) mass is 351 g/mol. The van der Waals surface area contributed by atoms with E-state index in [1.54, 1.807) is 18.2 Å². The molecule has 0 fully saturated rings. The zero-order valence-corrected chi connectivity index (χ0v) is 14.5. The first kappa shape index (κ1) is 16.9. The molecule has 3 aromatic rings. The van der Waals surface area contributed by atoms with Gasteiger partial charge in [-0.25, -0.2) is 0 Å². The zero-order chi connectivity index (χ0) is 17.5. The molecule has 6 heteroatoms. The van der Waals surface area contributed by atoms with Crippen LogP contribution in [-0.4, -0.2) is 22.7 Å². The molecule has 5 nitrogen and oxygen atoms in total. The Bertz CT molecular complexity index is 875. The minimum absolute atomic E-state index is 0.240. The average molecular weight is 351 g/mol. The van der Waals surface area contributed by atoms with Gasteiger partial charge in [-0.3, -0.25) is 10.1 Å². The fraction of sp³-hybridized carbons (Fsp3) is 0.105. The van der Waals surface area contributed by atoms with Crippen LogP contribution in [0.15, 0.2) is 54.6 Å². The number of amides is 1. The molecule has 0 atom stereocenters. The van der Waals surface area contributed by atoms with E-state index in [-0.39, 0.29) is 5.91 Å². The van der Waals surface area contributed by atoms with Crippen molar-refractivity contribution < 1.29 is 9.53 Å². The van der Waals surface area contributed by atoms with Gasteiger partial charge in [0, 0.05) is 5.56 Å². The smallest absolute Gasteiger partial charge is 0.257 e. The van der Waals surface area contributed by atoms with E-state index >= 15 is 0 Å². The molecule has 3 rings (SSSR count). The SMILES string of the molecule is CCOc1cccc(C(=O)Nc2nnc(C=Cc3ccccc3)s2)c1. The minimum Gasteiger partial charge on any atom is -0.494 e. The van der Waals surface area contributed by atoms with Crippen LogP contribution in [0, 0.1) is 0 Å². The number of ether oxygens (including phenoxy) is 1. The predicted octanol–water partition coefficient (Wildman–Crippen LogP) is 4.36. The van der Waals surface area contributed by atoms with E-state index in [1.165, 1.54) is 11.3 Å². The standard InChI is InChI=1S/C19H17N3O2S/c1-2-24-16-10-6-9-15(13-16)18(23)20-19-22-21-17(25-19)12-11-14-7-4-3-5-8-14/h3-13H,2H2,1H3,(H,20,22,23). The van der Waals surface area contributed by atoms with Crippen molar-refractivity contribution in [3.8, 4) is 5.75 Å². The molecule has 0 aliphatic carbocycles. The van der Waals surface area contributed by atoms with Crippen molar-refractivity contribution in [2.75, 3.05) is 11.9 Å². The highest BCUT2D eigenvalue weighted by atomic mass is 32.1. The Hall–Kier alpha value is -2.99. The van der Waals surface area contributed by atoms with Crippen molar-refractivity contribution in [3.63, 3.8) is 0 Å². The highest BCUT2D eigenvalue weighted by Gasteiger charge is 2.10. The fourth-order valence-corrected chi connectivity index (χ4v) is 2.79. The first-order valence-corrected chi connectivity index (χ1v) is 8.67. The van der Waals surface area contributed by atoms with E-state index < -0.39 is 0 Å². The summed E-state index contributed by atoms with van der Waals surface area (Å²) in [5.41, 5.74) is 1.60. The molecule has 0 saturated heterocycles. The summed E-state index contributed by atoms with van der Waals surface area (Å²) in [5, 5.41) is 12.0. The number of benzene rings is 2. The van der Waals surface area contributed by atoms with Gasteiger partial charge in [0.1, 0.15) is 10.8 Å². The largest absolute Gasteiger partial charge is 0.494 e. The third-order valence-corrected chi connectivity index (χ3v) is 4.09.